The number of benzene rings is 2. The summed E-state index contributed by atoms with van der Waals surface area (Å²) in [6.07, 6.45) is -0.330. The largest absolute Gasteiger partial charge is 0.382 e. The van der Waals surface area contributed by atoms with Crippen LogP contribution in [0.15, 0.2) is 59.8 Å². The first-order valence-corrected chi connectivity index (χ1v) is 6.97. The minimum atomic E-state index is -0.708. The monoisotopic (exact) mass is 311 g/mol. The van der Waals surface area contributed by atoms with Gasteiger partial charge in [-0.1, -0.05) is 35.5 Å². The molecule has 0 saturated heterocycles. The lowest BCUT2D eigenvalue weighted by molar-refractivity contribution is -0.384. The normalized spacial score (nSPS) is 16.3. The van der Waals surface area contributed by atoms with Crippen molar-refractivity contribution >= 4 is 23.0 Å². The van der Waals surface area contributed by atoms with E-state index in [0.717, 1.165) is 11.3 Å². The van der Waals surface area contributed by atoms with E-state index < -0.39 is 11.0 Å². The molecule has 7 nitrogen and oxygen atoms in total. The van der Waals surface area contributed by atoms with Crippen molar-refractivity contribution in [3.05, 3.63) is 70.3 Å². The maximum absolute atomic E-state index is 12.2. The van der Waals surface area contributed by atoms with Crippen molar-refractivity contribution in [1.29, 1.82) is 0 Å². The van der Waals surface area contributed by atoms with E-state index in [9.17, 15) is 14.9 Å². The van der Waals surface area contributed by atoms with Gasteiger partial charge in [0.05, 0.1) is 10.6 Å². The zero-order valence-electron chi connectivity index (χ0n) is 12.0. The quantitative estimate of drug-likeness (QED) is 0.694. The molecule has 0 aliphatic carbocycles. The number of nitrogens with one attached hydrogen (secondary N) is 1. The van der Waals surface area contributed by atoms with Crippen LogP contribution < -0.4 is 5.32 Å². The minimum absolute atomic E-state index is 0.0326. The molecular weight excluding hydrogens is 298 g/mol. The van der Waals surface area contributed by atoms with Crippen LogP contribution in [0, 0.1) is 10.1 Å². The number of non-ortho nitro benzene ring substituents is 1. The average Bonchev–Trinajstić information content (AvgIpc) is 3.06. The highest BCUT2D eigenvalue weighted by atomic mass is 16.6. The average molecular weight is 311 g/mol. The van der Waals surface area contributed by atoms with Crippen LogP contribution >= 0.6 is 0 Å². The summed E-state index contributed by atoms with van der Waals surface area (Å²) in [7, 11) is 0. The van der Waals surface area contributed by atoms with E-state index in [4.69, 9.17) is 4.84 Å². The highest BCUT2D eigenvalue weighted by Crippen LogP contribution is 2.20. The molecule has 0 unspecified atom stereocenters. The van der Waals surface area contributed by atoms with Crippen molar-refractivity contribution in [3.8, 4) is 0 Å². The van der Waals surface area contributed by atoms with Crippen molar-refractivity contribution in [2.75, 3.05) is 5.32 Å². The summed E-state index contributed by atoms with van der Waals surface area (Å²) in [5.74, 6) is -0.339. The topological polar surface area (TPSA) is 93.8 Å². The van der Waals surface area contributed by atoms with Gasteiger partial charge >= 0.3 is 0 Å². The van der Waals surface area contributed by atoms with Gasteiger partial charge in [0.2, 0.25) is 6.10 Å². The third-order valence-electron chi connectivity index (χ3n) is 3.41. The van der Waals surface area contributed by atoms with Crippen molar-refractivity contribution in [2.45, 2.75) is 12.5 Å². The highest BCUT2D eigenvalue weighted by Gasteiger charge is 2.28. The van der Waals surface area contributed by atoms with E-state index in [-0.39, 0.29) is 11.6 Å². The van der Waals surface area contributed by atoms with Crippen molar-refractivity contribution < 1.29 is 14.6 Å². The fourth-order valence-electron chi connectivity index (χ4n) is 2.21. The molecular formula is C16H13N3O4. The molecule has 1 atom stereocenters. The molecule has 23 heavy (non-hydrogen) atoms. The molecule has 1 amide bonds. The van der Waals surface area contributed by atoms with E-state index >= 15 is 0 Å². The van der Waals surface area contributed by atoms with Crippen LogP contribution in [-0.4, -0.2) is 22.6 Å². The number of amides is 1. The van der Waals surface area contributed by atoms with Crippen molar-refractivity contribution in [1.82, 2.24) is 0 Å². The Kier molecular flexibility index (Phi) is 4.01. The summed E-state index contributed by atoms with van der Waals surface area (Å²) in [5, 5.41) is 17.2. The first-order valence-electron chi connectivity index (χ1n) is 6.97. The Bertz CT molecular complexity index is 757. The van der Waals surface area contributed by atoms with E-state index in [0.29, 0.717) is 12.1 Å². The summed E-state index contributed by atoms with van der Waals surface area (Å²) < 4.78 is 0. The number of carbonyl (C=O) groups is 1. The molecule has 116 valence electrons. The first-order chi connectivity index (χ1) is 11.1. The van der Waals surface area contributed by atoms with E-state index in [2.05, 4.69) is 10.5 Å². The summed E-state index contributed by atoms with van der Waals surface area (Å²) in [4.78, 5) is 27.5. The van der Waals surface area contributed by atoms with Gasteiger partial charge in [-0.15, -0.1) is 0 Å². The standard InChI is InChI=1S/C16H13N3O4/c20-16(17-12-6-8-13(9-7-12)19(21)22)15-10-14(18-23-15)11-4-2-1-3-5-11/h1-9,15H,10H2,(H,17,20)/t15-/m0/s1. The zero-order chi connectivity index (χ0) is 16.2. The van der Waals surface area contributed by atoms with Gasteiger partial charge in [-0.25, -0.2) is 0 Å². The third kappa shape index (κ3) is 3.34. The molecule has 3 rings (SSSR count). The van der Waals surface area contributed by atoms with Crippen molar-refractivity contribution in [3.63, 3.8) is 0 Å². The van der Waals surface area contributed by atoms with Crippen LogP contribution in [0.5, 0.6) is 0 Å². The Morgan fingerprint density at radius 1 is 1.17 bits per heavy atom. The Morgan fingerprint density at radius 3 is 2.52 bits per heavy atom. The summed E-state index contributed by atoms with van der Waals surface area (Å²) in [6.45, 7) is 0. The Morgan fingerprint density at radius 2 is 1.87 bits per heavy atom. The van der Waals surface area contributed by atoms with Gasteiger partial charge in [0.15, 0.2) is 0 Å². The molecule has 1 heterocycles. The second-order valence-corrected chi connectivity index (χ2v) is 5.00. The molecule has 1 aliphatic rings. The van der Waals surface area contributed by atoms with Gasteiger partial charge in [-0.3, -0.25) is 14.9 Å². The predicted octanol–water partition coefficient (Wildman–Crippen LogP) is 2.73. The van der Waals surface area contributed by atoms with E-state index in [1.165, 1.54) is 24.3 Å². The number of nitro groups is 1. The number of hydrogen-bond acceptors (Lipinski definition) is 5. The maximum Gasteiger partial charge on any atom is 0.269 e. The van der Waals surface area contributed by atoms with Gasteiger partial charge in [-0.2, -0.15) is 0 Å². The molecule has 0 saturated carbocycles. The number of nitrogens with zero attached hydrogens (tertiary/aromatic N) is 2. The van der Waals surface area contributed by atoms with Gasteiger partial charge in [0.1, 0.15) is 0 Å². The molecule has 2 aromatic rings. The Labute approximate surface area is 131 Å². The van der Waals surface area contributed by atoms with E-state index in [1.54, 1.807) is 0 Å². The zero-order valence-corrected chi connectivity index (χ0v) is 12.0. The van der Waals surface area contributed by atoms with Gasteiger partial charge in [-0.05, 0) is 17.7 Å². The molecule has 2 aromatic carbocycles. The predicted molar refractivity (Wildman–Crippen MR) is 84.2 cm³/mol. The molecule has 0 fully saturated rings. The minimum Gasteiger partial charge on any atom is -0.382 e. The SMILES string of the molecule is O=C(Nc1ccc([N+](=O)[O-])cc1)[C@@H]1CC(c2ccccc2)=NO1. The highest BCUT2D eigenvalue weighted by molar-refractivity contribution is 6.06. The molecule has 0 spiro atoms. The Balaban J connectivity index is 1.61. The van der Waals surface area contributed by atoms with Crippen LogP contribution in [0.25, 0.3) is 0 Å². The number of hydrogen-bond donors (Lipinski definition) is 1. The smallest absolute Gasteiger partial charge is 0.269 e. The number of rotatable bonds is 4. The van der Waals surface area contributed by atoms with Gasteiger partial charge in [0.25, 0.3) is 11.6 Å². The van der Waals surface area contributed by atoms with Crippen LogP contribution in [0.1, 0.15) is 12.0 Å². The molecule has 0 radical (unpaired) electrons. The first kappa shape index (κ1) is 14.7. The van der Waals surface area contributed by atoms with Gasteiger partial charge in [0, 0.05) is 24.2 Å². The lowest BCUT2D eigenvalue weighted by Crippen LogP contribution is -2.28. The second-order valence-electron chi connectivity index (χ2n) is 5.00. The number of oxime groups is 1. The number of anilines is 1. The third-order valence-corrected chi connectivity index (χ3v) is 3.41. The summed E-state index contributed by atoms with van der Waals surface area (Å²) in [5.41, 5.74) is 2.07. The summed E-state index contributed by atoms with van der Waals surface area (Å²) in [6, 6.07) is 15.1. The molecule has 1 aliphatic heterocycles. The lowest BCUT2D eigenvalue weighted by atomic mass is 10.0. The summed E-state index contributed by atoms with van der Waals surface area (Å²) >= 11 is 0. The number of nitro benzene ring substituents is 1. The molecule has 7 heteroatoms. The maximum atomic E-state index is 12.2. The van der Waals surface area contributed by atoms with E-state index in [1.807, 2.05) is 30.3 Å². The fraction of sp³-hybridized carbons (Fsp3) is 0.125. The van der Waals surface area contributed by atoms with Crippen LogP contribution in [-0.2, 0) is 9.63 Å². The van der Waals surface area contributed by atoms with Crippen LogP contribution in [0.3, 0.4) is 0 Å². The fourth-order valence-corrected chi connectivity index (χ4v) is 2.21. The molecule has 0 bridgehead atoms. The molecule has 0 aromatic heterocycles. The second kappa shape index (κ2) is 6.27. The van der Waals surface area contributed by atoms with Crippen LogP contribution in [0.4, 0.5) is 11.4 Å². The van der Waals surface area contributed by atoms with Gasteiger partial charge < -0.3 is 10.2 Å². The lowest BCUT2D eigenvalue weighted by Gasteiger charge is -2.09. The van der Waals surface area contributed by atoms with Crippen LogP contribution in [0.2, 0.25) is 0 Å². The van der Waals surface area contributed by atoms with Crippen molar-refractivity contribution in [2.24, 2.45) is 5.16 Å². The number of carbonyl (C=O) groups excluding carboxylic acids is 1. The Hall–Kier alpha value is -3.22. The molecule has 1 N–H and O–H groups in total.